The molecule has 2 N–H and O–H groups in total. The fourth-order valence-corrected chi connectivity index (χ4v) is 2.04. The minimum atomic E-state index is 0.386. The van der Waals surface area contributed by atoms with Crippen molar-refractivity contribution in [1.82, 2.24) is 15.0 Å². The molecule has 2 aromatic rings. The number of nitrogens with one attached hydrogen (secondary N) is 2. The Morgan fingerprint density at radius 3 is 2.94 bits per heavy atom. The minimum Gasteiger partial charge on any atom is -0.367 e. The summed E-state index contributed by atoms with van der Waals surface area (Å²) < 4.78 is 0. The van der Waals surface area contributed by atoms with Gasteiger partial charge in [-0.2, -0.15) is 0 Å². The lowest BCUT2D eigenvalue weighted by Crippen LogP contribution is -2.13. The first-order chi connectivity index (χ1) is 8.22. The van der Waals surface area contributed by atoms with Crippen molar-refractivity contribution in [3.8, 4) is 0 Å². The summed E-state index contributed by atoms with van der Waals surface area (Å²) in [6.45, 7) is 4.25. The van der Waals surface area contributed by atoms with E-state index in [0.29, 0.717) is 6.04 Å². The van der Waals surface area contributed by atoms with Gasteiger partial charge in [-0.15, -0.1) is 0 Å². The number of H-pyrrole nitrogens is 1. The molecule has 0 amide bonds. The number of hydrogen-bond donors (Lipinski definition) is 2. The highest BCUT2D eigenvalue weighted by Gasteiger charge is 2.23. The molecule has 90 valence electrons. The van der Waals surface area contributed by atoms with Crippen molar-refractivity contribution in [3.05, 3.63) is 18.1 Å². The molecule has 1 saturated carbocycles. The Bertz CT molecular complexity index is 525. The van der Waals surface area contributed by atoms with Gasteiger partial charge in [0.1, 0.15) is 17.3 Å². The summed E-state index contributed by atoms with van der Waals surface area (Å²) in [4.78, 5) is 12.4. The van der Waals surface area contributed by atoms with Crippen LogP contribution in [0.3, 0.4) is 0 Å². The minimum absolute atomic E-state index is 0.386. The van der Waals surface area contributed by atoms with Crippen LogP contribution in [0, 0.1) is 5.92 Å². The summed E-state index contributed by atoms with van der Waals surface area (Å²) in [5.74, 6) is 2.74. The fraction of sp³-hybridized carbons (Fsp3) is 0.538. The van der Waals surface area contributed by atoms with E-state index in [-0.39, 0.29) is 0 Å². The number of aromatic amines is 1. The van der Waals surface area contributed by atoms with E-state index in [1.165, 1.54) is 12.8 Å². The van der Waals surface area contributed by atoms with Crippen LogP contribution in [0.2, 0.25) is 0 Å². The van der Waals surface area contributed by atoms with Crippen molar-refractivity contribution in [3.63, 3.8) is 0 Å². The first-order valence-corrected chi connectivity index (χ1v) is 6.33. The van der Waals surface area contributed by atoms with Crippen LogP contribution in [0.4, 0.5) is 5.82 Å². The van der Waals surface area contributed by atoms with Gasteiger partial charge in [-0.25, -0.2) is 9.97 Å². The highest BCUT2D eigenvalue weighted by atomic mass is 15.1. The van der Waals surface area contributed by atoms with Gasteiger partial charge in [0.15, 0.2) is 0 Å². The standard InChI is InChI=1S/C13H18N4/c1-8(2)15-13-10-5-6-14-12(10)16-11(17-13)7-9-3-4-9/h5-6,8-9H,3-4,7H2,1-2H3,(H2,14,15,16,17). The van der Waals surface area contributed by atoms with E-state index in [4.69, 9.17) is 0 Å². The van der Waals surface area contributed by atoms with Crippen molar-refractivity contribution in [1.29, 1.82) is 0 Å². The highest BCUT2D eigenvalue weighted by Crippen LogP contribution is 2.32. The van der Waals surface area contributed by atoms with E-state index in [0.717, 1.165) is 35.0 Å². The van der Waals surface area contributed by atoms with Gasteiger partial charge < -0.3 is 10.3 Å². The summed E-state index contributed by atoms with van der Waals surface area (Å²) in [6, 6.07) is 2.41. The van der Waals surface area contributed by atoms with Crippen LogP contribution in [0.5, 0.6) is 0 Å². The molecule has 0 atom stereocenters. The molecule has 17 heavy (non-hydrogen) atoms. The van der Waals surface area contributed by atoms with E-state index >= 15 is 0 Å². The first kappa shape index (κ1) is 10.6. The van der Waals surface area contributed by atoms with Crippen LogP contribution in [-0.4, -0.2) is 21.0 Å². The molecule has 3 rings (SSSR count). The molecule has 0 aromatic carbocycles. The summed E-state index contributed by atoms with van der Waals surface area (Å²) in [5.41, 5.74) is 0.943. The third kappa shape index (κ3) is 2.25. The van der Waals surface area contributed by atoms with E-state index in [1.54, 1.807) is 0 Å². The largest absolute Gasteiger partial charge is 0.367 e. The quantitative estimate of drug-likeness (QED) is 0.849. The molecule has 4 heteroatoms. The van der Waals surface area contributed by atoms with Gasteiger partial charge in [0.25, 0.3) is 0 Å². The molecule has 0 radical (unpaired) electrons. The van der Waals surface area contributed by atoms with Crippen LogP contribution in [0.25, 0.3) is 11.0 Å². The number of aromatic nitrogens is 3. The number of hydrogen-bond acceptors (Lipinski definition) is 3. The van der Waals surface area contributed by atoms with Gasteiger partial charge in [-0.05, 0) is 38.7 Å². The predicted octanol–water partition coefficient (Wildman–Crippen LogP) is 2.73. The van der Waals surface area contributed by atoms with Crippen molar-refractivity contribution in [2.45, 2.75) is 39.2 Å². The van der Waals surface area contributed by atoms with Crippen LogP contribution in [-0.2, 0) is 6.42 Å². The maximum absolute atomic E-state index is 4.65. The Hall–Kier alpha value is -1.58. The van der Waals surface area contributed by atoms with Gasteiger partial charge in [0.05, 0.1) is 5.39 Å². The average molecular weight is 230 g/mol. The normalized spacial score (nSPS) is 15.7. The number of fused-ring (bicyclic) bond motifs is 1. The van der Waals surface area contributed by atoms with Crippen LogP contribution in [0.1, 0.15) is 32.5 Å². The fourth-order valence-electron chi connectivity index (χ4n) is 2.04. The van der Waals surface area contributed by atoms with Crippen LogP contribution < -0.4 is 5.32 Å². The zero-order valence-electron chi connectivity index (χ0n) is 10.3. The lowest BCUT2D eigenvalue weighted by Gasteiger charge is -2.11. The van der Waals surface area contributed by atoms with E-state index in [2.05, 4.69) is 34.1 Å². The Kier molecular flexibility index (Phi) is 2.50. The van der Waals surface area contributed by atoms with Gasteiger partial charge in [0.2, 0.25) is 0 Å². The maximum atomic E-state index is 4.65. The summed E-state index contributed by atoms with van der Waals surface area (Å²) >= 11 is 0. The zero-order chi connectivity index (χ0) is 11.8. The van der Waals surface area contributed by atoms with Gasteiger partial charge in [0, 0.05) is 18.7 Å². The lowest BCUT2D eigenvalue weighted by atomic mass is 10.2. The molecular weight excluding hydrogens is 212 g/mol. The van der Waals surface area contributed by atoms with Gasteiger partial charge in [-0.1, -0.05) is 0 Å². The summed E-state index contributed by atoms with van der Waals surface area (Å²) in [7, 11) is 0. The van der Waals surface area contributed by atoms with Gasteiger partial charge in [-0.3, -0.25) is 0 Å². The second kappa shape index (κ2) is 4.02. The SMILES string of the molecule is CC(C)Nc1nc(CC2CC2)nc2[nH]ccc12. The first-order valence-electron chi connectivity index (χ1n) is 6.33. The highest BCUT2D eigenvalue weighted by molar-refractivity contribution is 5.87. The average Bonchev–Trinajstić information content (AvgIpc) is 2.93. The number of rotatable bonds is 4. The van der Waals surface area contributed by atoms with E-state index < -0.39 is 0 Å². The molecule has 0 bridgehead atoms. The molecule has 1 fully saturated rings. The third-order valence-corrected chi connectivity index (χ3v) is 3.06. The summed E-state index contributed by atoms with van der Waals surface area (Å²) in [5, 5.41) is 4.48. The monoisotopic (exact) mass is 230 g/mol. The molecule has 2 aromatic heterocycles. The number of anilines is 1. The second-order valence-corrected chi connectivity index (χ2v) is 5.17. The van der Waals surface area contributed by atoms with Crippen molar-refractivity contribution in [2.75, 3.05) is 5.32 Å². The predicted molar refractivity (Wildman–Crippen MR) is 69.1 cm³/mol. The molecule has 0 aliphatic heterocycles. The lowest BCUT2D eigenvalue weighted by molar-refractivity contribution is 0.772. The summed E-state index contributed by atoms with van der Waals surface area (Å²) in [6.07, 6.45) is 5.60. The Balaban J connectivity index is 1.99. The van der Waals surface area contributed by atoms with E-state index in [9.17, 15) is 0 Å². The topological polar surface area (TPSA) is 53.6 Å². The maximum Gasteiger partial charge on any atom is 0.143 e. The smallest absolute Gasteiger partial charge is 0.143 e. The Morgan fingerprint density at radius 1 is 1.41 bits per heavy atom. The second-order valence-electron chi connectivity index (χ2n) is 5.17. The molecule has 0 saturated heterocycles. The molecule has 2 heterocycles. The third-order valence-electron chi connectivity index (χ3n) is 3.06. The van der Waals surface area contributed by atoms with Crippen LogP contribution in [0.15, 0.2) is 12.3 Å². The number of nitrogens with zero attached hydrogens (tertiary/aromatic N) is 2. The van der Waals surface area contributed by atoms with Gasteiger partial charge >= 0.3 is 0 Å². The van der Waals surface area contributed by atoms with E-state index in [1.807, 2.05) is 12.3 Å². The molecule has 4 nitrogen and oxygen atoms in total. The zero-order valence-corrected chi connectivity index (χ0v) is 10.3. The molecular formula is C13H18N4. The van der Waals surface area contributed by atoms with Crippen molar-refractivity contribution >= 4 is 16.9 Å². The Labute approximate surface area is 101 Å². The molecule has 1 aliphatic rings. The molecule has 1 aliphatic carbocycles. The molecule has 0 spiro atoms. The van der Waals surface area contributed by atoms with Crippen molar-refractivity contribution < 1.29 is 0 Å². The van der Waals surface area contributed by atoms with Crippen molar-refractivity contribution in [2.24, 2.45) is 5.92 Å². The van der Waals surface area contributed by atoms with Crippen LogP contribution >= 0.6 is 0 Å². The molecule has 0 unspecified atom stereocenters. The Morgan fingerprint density at radius 2 is 2.24 bits per heavy atom.